The van der Waals surface area contributed by atoms with E-state index in [2.05, 4.69) is 28.1 Å². The van der Waals surface area contributed by atoms with Gasteiger partial charge in [-0.15, -0.1) is 0 Å². The summed E-state index contributed by atoms with van der Waals surface area (Å²) in [5, 5.41) is 2.63. The number of aromatic nitrogens is 2. The number of nitrogens with zero attached hydrogens (tertiary/aromatic N) is 3. The Morgan fingerprint density at radius 2 is 1.52 bits per heavy atom. The van der Waals surface area contributed by atoms with Gasteiger partial charge in [-0.1, -0.05) is 95.7 Å². The van der Waals surface area contributed by atoms with E-state index in [9.17, 15) is 9.59 Å². The van der Waals surface area contributed by atoms with Gasteiger partial charge >= 0.3 is 0 Å². The normalized spacial score (nSPS) is 12.0. The molecule has 1 atom stereocenters. The van der Waals surface area contributed by atoms with E-state index in [1.165, 1.54) is 0 Å². The van der Waals surface area contributed by atoms with Gasteiger partial charge in [-0.05, 0) is 77.7 Å². The van der Waals surface area contributed by atoms with Crippen LogP contribution in [-0.2, 0) is 6.42 Å². The predicted octanol–water partition coefficient (Wildman–Crippen LogP) is 8.14. The van der Waals surface area contributed by atoms with Crippen LogP contribution in [0.3, 0.4) is 0 Å². The summed E-state index contributed by atoms with van der Waals surface area (Å²) in [5.74, 6) is 0.457. The van der Waals surface area contributed by atoms with Crippen molar-refractivity contribution in [2.75, 3.05) is 6.54 Å². The monoisotopic (exact) mass is 615 g/mol. The fourth-order valence-electron chi connectivity index (χ4n) is 5.54. The summed E-state index contributed by atoms with van der Waals surface area (Å²) < 4.78 is 2.59. The third-order valence-corrected chi connectivity index (χ3v) is 8.22. The maximum absolute atomic E-state index is 14.4. The summed E-state index contributed by atoms with van der Waals surface area (Å²) in [5.41, 5.74) is 2.91. The van der Waals surface area contributed by atoms with E-state index in [-0.39, 0.29) is 11.5 Å². The number of carbonyl (C=O) groups excluding carboxylic acids is 1. The first kappa shape index (κ1) is 27.6. The smallest absolute Gasteiger partial charge is 0.266 e. The Hall–Kier alpha value is -4.55. The molecule has 1 aromatic heterocycles. The van der Waals surface area contributed by atoms with E-state index >= 15 is 0 Å². The Morgan fingerprint density at radius 3 is 2.29 bits per heavy atom. The quantitative estimate of drug-likeness (QED) is 0.174. The Kier molecular flexibility index (Phi) is 7.97. The van der Waals surface area contributed by atoms with Gasteiger partial charge in [0, 0.05) is 16.6 Å². The second kappa shape index (κ2) is 12.1. The summed E-state index contributed by atoms with van der Waals surface area (Å²) in [6, 6.07) is 38.6. The van der Waals surface area contributed by atoms with Gasteiger partial charge in [0.1, 0.15) is 5.82 Å². The lowest BCUT2D eigenvalue weighted by molar-refractivity contribution is 0.0662. The molecule has 1 amide bonds. The molecule has 1 unspecified atom stereocenters. The summed E-state index contributed by atoms with van der Waals surface area (Å²) in [4.78, 5) is 35.4. The van der Waals surface area contributed by atoms with Crippen molar-refractivity contribution in [1.82, 2.24) is 14.5 Å². The highest BCUT2D eigenvalue weighted by Gasteiger charge is 2.30. The molecule has 0 spiro atoms. The molecule has 0 aliphatic carbocycles. The zero-order valence-corrected chi connectivity index (χ0v) is 24.9. The fourth-order valence-corrected chi connectivity index (χ4v) is 5.80. The van der Waals surface area contributed by atoms with Crippen molar-refractivity contribution < 1.29 is 4.79 Å². The molecule has 0 N–H and O–H groups in total. The van der Waals surface area contributed by atoms with Gasteiger partial charge < -0.3 is 4.90 Å². The molecule has 0 saturated carbocycles. The van der Waals surface area contributed by atoms with Crippen molar-refractivity contribution in [3.05, 3.63) is 153 Å². The molecule has 0 aliphatic heterocycles. The van der Waals surface area contributed by atoms with Crippen LogP contribution in [0.15, 0.2) is 131 Å². The highest BCUT2D eigenvalue weighted by Crippen LogP contribution is 2.29. The van der Waals surface area contributed by atoms with Crippen molar-refractivity contribution in [1.29, 1.82) is 0 Å². The first-order valence-electron chi connectivity index (χ1n) is 14.1. The summed E-state index contributed by atoms with van der Waals surface area (Å²) >= 11 is 3.51. The highest BCUT2D eigenvalue weighted by atomic mass is 79.9. The van der Waals surface area contributed by atoms with Crippen molar-refractivity contribution in [3.63, 3.8) is 0 Å². The fraction of sp³-hybridized carbons (Fsp3) is 0.139. The van der Waals surface area contributed by atoms with Crippen LogP contribution in [0.1, 0.15) is 41.1 Å². The molecule has 6 rings (SSSR count). The van der Waals surface area contributed by atoms with Crippen molar-refractivity contribution >= 4 is 43.5 Å². The molecular weight excluding hydrogens is 586 g/mol. The zero-order valence-electron chi connectivity index (χ0n) is 23.3. The summed E-state index contributed by atoms with van der Waals surface area (Å²) in [6.07, 6.45) is 1.25. The van der Waals surface area contributed by atoms with Crippen LogP contribution in [0.25, 0.3) is 27.4 Å². The first-order valence-corrected chi connectivity index (χ1v) is 14.9. The molecular formula is C36H30BrN3O2. The van der Waals surface area contributed by atoms with E-state index in [4.69, 9.17) is 4.98 Å². The lowest BCUT2D eigenvalue weighted by Crippen LogP contribution is -2.39. The molecule has 0 aliphatic rings. The van der Waals surface area contributed by atoms with Crippen LogP contribution in [-0.4, -0.2) is 26.9 Å². The van der Waals surface area contributed by atoms with Gasteiger partial charge in [0.25, 0.3) is 11.5 Å². The van der Waals surface area contributed by atoms with E-state index in [1.807, 2.05) is 115 Å². The highest BCUT2D eigenvalue weighted by molar-refractivity contribution is 9.10. The van der Waals surface area contributed by atoms with Gasteiger partial charge in [0.05, 0.1) is 22.6 Å². The van der Waals surface area contributed by atoms with E-state index < -0.39 is 6.04 Å². The van der Waals surface area contributed by atoms with Crippen molar-refractivity contribution in [2.24, 2.45) is 0 Å². The van der Waals surface area contributed by atoms with Crippen LogP contribution in [0, 0.1) is 0 Å². The van der Waals surface area contributed by atoms with Gasteiger partial charge in [0.2, 0.25) is 0 Å². The lowest BCUT2D eigenvalue weighted by atomic mass is 10.0. The van der Waals surface area contributed by atoms with Crippen LogP contribution >= 0.6 is 15.9 Å². The number of amides is 1. The number of carbonyl (C=O) groups is 1. The molecule has 0 bridgehead atoms. The molecule has 208 valence electrons. The van der Waals surface area contributed by atoms with E-state index in [1.54, 1.807) is 10.6 Å². The molecule has 0 saturated heterocycles. The Labute approximate surface area is 253 Å². The number of rotatable bonds is 8. The SMILES string of the molecule is CCC(c1nc2ccccc2c(=O)n1-c1ccc(Br)cc1)N(CCc1ccccc1)C(=O)c1ccc2ccccc2c1. The van der Waals surface area contributed by atoms with Crippen LogP contribution in [0.5, 0.6) is 0 Å². The van der Waals surface area contributed by atoms with Crippen molar-refractivity contribution in [2.45, 2.75) is 25.8 Å². The molecule has 0 radical (unpaired) electrons. The maximum atomic E-state index is 14.4. The minimum atomic E-state index is -0.450. The molecule has 6 aromatic rings. The average Bonchev–Trinajstić information content (AvgIpc) is 3.03. The van der Waals surface area contributed by atoms with E-state index in [0.29, 0.717) is 47.4 Å². The van der Waals surface area contributed by atoms with Crippen LogP contribution in [0.2, 0.25) is 0 Å². The number of para-hydroxylation sites is 1. The average molecular weight is 617 g/mol. The Balaban J connectivity index is 1.52. The number of benzene rings is 5. The van der Waals surface area contributed by atoms with Gasteiger partial charge in [-0.2, -0.15) is 0 Å². The third-order valence-electron chi connectivity index (χ3n) is 7.69. The molecule has 5 nitrogen and oxygen atoms in total. The zero-order chi connectivity index (χ0) is 29.1. The molecule has 6 heteroatoms. The van der Waals surface area contributed by atoms with E-state index in [0.717, 1.165) is 20.8 Å². The Morgan fingerprint density at radius 1 is 0.833 bits per heavy atom. The maximum Gasteiger partial charge on any atom is 0.266 e. The third kappa shape index (κ3) is 5.50. The van der Waals surface area contributed by atoms with Crippen molar-refractivity contribution in [3.8, 4) is 5.69 Å². The van der Waals surface area contributed by atoms with Crippen LogP contribution < -0.4 is 5.56 Å². The second-order valence-corrected chi connectivity index (χ2v) is 11.2. The minimum Gasteiger partial charge on any atom is -0.328 e. The molecule has 42 heavy (non-hydrogen) atoms. The second-order valence-electron chi connectivity index (χ2n) is 10.3. The standard InChI is InChI=1S/C36H30BrN3O2/c1-2-33(34-38-32-15-9-8-14-31(32)36(42)40(34)30-20-18-29(37)19-21-30)39(23-22-25-10-4-3-5-11-25)35(41)28-17-16-26-12-6-7-13-27(26)24-28/h3-21,24,33H,2,22-23H2,1H3. The number of hydrogen-bond donors (Lipinski definition) is 0. The van der Waals surface area contributed by atoms with Gasteiger partial charge in [-0.25, -0.2) is 4.98 Å². The number of halogens is 1. The molecule has 5 aromatic carbocycles. The minimum absolute atomic E-state index is 0.0895. The number of hydrogen-bond acceptors (Lipinski definition) is 3. The first-order chi connectivity index (χ1) is 20.5. The number of fused-ring (bicyclic) bond motifs is 2. The van der Waals surface area contributed by atoms with Crippen LogP contribution in [0.4, 0.5) is 0 Å². The molecule has 1 heterocycles. The van der Waals surface area contributed by atoms with Gasteiger partial charge in [-0.3, -0.25) is 14.2 Å². The summed E-state index contributed by atoms with van der Waals surface area (Å²) in [7, 11) is 0. The topological polar surface area (TPSA) is 55.2 Å². The largest absolute Gasteiger partial charge is 0.328 e. The van der Waals surface area contributed by atoms with Gasteiger partial charge in [0.15, 0.2) is 0 Å². The lowest BCUT2D eigenvalue weighted by Gasteiger charge is -2.32. The predicted molar refractivity (Wildman–Crippen MR) is 173 cm³/mol. The Bertz CT molecular complexity index is 1930. The summed E-state index contributed by atoms with van der Waals surface area (Å²) in [6.45, 7) is 2.51. The molecule has 0 fully saturated rings.